The van der Waals surface area contributed by atoms with Gasteiger partial charge < -0.3 is 19.2 Å². The lowest BCUT2D eigenvalue weighted by atomic mass is 10.1. The molecule has 0 bridgehead atoms. The lowest BCUT2D eigenvalue weighted by Gasteiger charge is -2.19. The van der Waals surface area contributed by atoms with Gasteiger partial charge in [0.05, 0.1) is 23.8 Å². The number of carbonyl (C=O) groups is 3. The summed E-state index contributed by atoms with van der Waals surface area (Å²) in [6, 6.07) is 6.93. The summed E-state index contributed by atoms with van der Waals surface area (Å²) in [6.07, 6.45) is 3.10. The highest BCUT2D eigenvalue weighted by atomic mass is 127. The van der Waals surface area contributed by atoms with Crippen molar-refractivity contribution in [2.75, 3.05) is 13.1 Å². The SMILES string of the molecule is C.C.CC(C)(C)OC(=O)NCCn1cnc(I)c1I.O=C1c2ccccc2C(=O)N1CCn1cnc(I)c1I. The largest absolute Gasteiger partial charge is 0.444 e. The molecule has 0 saturated carbocycles. The molecular weight excluding hydrogens is 956 g/mol. The Morgan fingerprint density at radius 3 is 1.72 bits per heavy atom. The number of alkyl carbamates (subject to hydrolysis) is 1. The molecule has 0 unspecified atom stereocenters. The zero-order valence-electron chi connectivity index (χ0n) is 20.2. The maximum atomic E-state index is 12.2. The number of carbonyl (C=O) groups excluding carboxylic acids is 3. The molecule has 0 spiro atoms. The van der Waals surface area contributed by atoms with E-state index in [4.69, 9.17) is 4.74 Å². The van der Waals surface area contributed by atoms with Crippen molar-refractivity contribution in [3.05, 3.63) is 62.8 Å². The standard InChI is InChI=1S/C13H9I2N3O2.C10H15I2N3O2.2CH4/c14-10-11(15)17(7-16-10)5-6-18-12(19)8-3-1-2-4-9(8)13(18)20;1-10(2,3)17-9(16)13-4-5-15-6-14-7(11)8(15)12;;/h1-4,7H,5-6H2;6H,4-5H2,1-3H3,(H,13,16);2*1H4. The second-order valence-corrected chi connectivity index (χ2v) is 12.9. The number of nitrogens with zero attached hydrogens (tertiary/aromatic N) is 5. The van der Waals surface area contributed by atoms with Gasteiger partial charge in [-0.3, -0.25) is 14.5 Å². The molecule has 14 heteroatoms. The molecule has 1 N–H and O–H groups in total. The molecule has 3 heterocycles. The Balaban J connectivity index is 0.000000376. The van der Waals surface area contributed by atoms with Crippen LogP contribution in [0.1, 0.15) is 56.3 Å². The molecule has 214 valence electrons. The number of hydrogen-bond donors (Lipinski definition) is 1. The predicted molar refractivity (Wildman–Crippen MR) is 185 cm³/mol. The van der Waals surface area contributed by atoms with Crippen LogP contribution in [0.15, 0.2) is 36.9 Å². The fourth-order valence-electron chi connectivity index (χ4n) is 3.24. The van der Waals surface area contributed by atoms with Gasteiger partial charge in [-0.25, -0.2) is 14.8 Å². The summed E-state index contributed by atoms with van der Waals surface area (Å²) < 4.78 is 13.0. The van der Waals surface area contributed by atoms with Gasteiger partial charge in [0.25, 0.3) is 11.8 Å². The molecule has 0 radical (unpaired) electrons. The van der Waals surface area contributed by atoms with Gasteiger partial charge in [0.2, 0.25) is 0 Å². The van der Waals surface area contributed by atoms with E-state index < -0.39 is 5.60 Å². The van der Waals surface area contributed by atoms with Gasteiger partial charge in [0.1, 0.15) is 20.4 Å². The van der Waals surface area contributed by atoms with Crippen LogP contribution in [0, 0.1) is 14.8 Å². The van der Waals surface area contributed by atoms with Crippen LogP contribution < -0.4 is 5.32 Å². The molecule has 0 fully saturated rings. The van der Waals surface area contributed by atoms with E-state index in [2.05, 4.69) is 106 Å². The van der Waals surface area contributed by atoms with Crippen molar-refractivity contribution in [2.24, 2.45) is 0 Å². The van der Waals surface area contributed by atoms with E-state index in [9.17, 15) is 14.4 Å². The first-order valence-corrected chi connectivity index (χ1v) is 15.3. The Morgan fingerprint density at radius 1 is 0.846 bits per heavy atom. The van der Waals surface area contributed by atoms with E-state index in [0.717, 1.165) is 14.8 Å². The predicted octanol–water partition coefficient (Wildman–Crippen LogP) is 6.28. The van der Waals surface area contributed by atoms with Crippen LogP contribution in [0.5, 0.6) is 0 Å². The summed E-state index contributed by atoms with van der Waals surface area (Å²) in [4.78, 5) is 45.4. The quantitative estimate of drug-likeness (QED) is 0.230. The Kier molecular flexibility index (Phi) is 14.6. The molecular formula is C25H32I4N6O4. The van der Waals surface area contributed by atoms with Crippen molar-refractivity contribution >= 4 is 108 Å². The lowest BCUT2D eigenvalue weighted by Crippen LogP contribution is -2.34. The maximum Gasteiger partial charge on any atom is 0.407 e. The molecule has 0 aliphatic carbocycles. The molecule has 3 aromatic rings. The zero-order chi connectivity index (χ0) is 27.3. The average molecular weight is 988 g/mol. The number of hydrogen-bond acceptors (Lipinski definition) is 6. The second kappa shape index (κ2) is 15.8. The van der Waals surface area contributed by atoms with E-state index in [1.54, 1.807) is 36.9 Å². The monoisotopic (exact) mass is 988 g/mol. The number of aromatic nitrogens is 4. The molecule has 10 nitrogen and oxygen atoms in total. The second-order valence-electron chi connectivity index (χ2n) is 8.78. The van der Waals surface area contributed by atoms with Crippen LogP contribution in [0.25, 0.3) is 0 Å². The van der Waals surface area contributed by atoms with E-state index in [1.807, 2.05) is 29.9 Å². The highest BCUT2D eigenvalue weighted by Crippen LogP contribution is 2.22. The van der Waals surface area contributed by atoms with E-state index >= 15 is 0 Å². The average Bonchev–Trinajstić information content (AvgIpc) is 3.41. The molecule has 0 atom stereocenters. The van der Waals surface area contributed by atoms with Gasteiger partial charge in [-0.1, -0.05) is 27.0 Å². The molecule has 3 amide bonds. The van der Waals surface area contributed by atoms with Crippen molar-refractivity contribution in [1.82, 2.24) is 29.3 Å². The number of halogens is 4. The minimum Gasteiger partial charge on any atom is -0.444 e. The number of imide groups is 1. The van der Waals surface area contributed by atoms with Crippen molar-refractivity contribution < 1.29 is 19.1 Å². The summed E-state index contributed by atoms with van der Waals surface area (Å²) in [5.41, 5.74) is 0.530. The molecule has 0 saturated heterocycles. The minimum absolute atomic E-state index is 0. The van der Waals surface area contributed by atoms with Gasteiger partial charge >= 0.3 is 6.09 Å². The Bertz CT molecular complexity index is 1270. The number of benzene rings is 1. The first-order chi connectivity index (χ1) is 17.4. The van der Waals surface area contributed by atoms with Crippen molar-refractivity contribution in [1.29, 1.82) is 0 Å². The van der Waals surface area contributed by atoms with E-state index in [1.165, 1.54) is 4.90 Å². The third-order valence-corrected chi connectivity index (χ3v) is 10.8. The van der Waals surface area contributed by atoms with E-state index in [-0.39, 0.29) is 32.8 Å². The van der Waals surface area contributed by atoms with Crippen LogP contribution in [0.4, 0.5) is 4.79 Å². The Labute approximate surface area is 284 Å². The first kappa shape index (κ1) is 36.0. The summed E-state index contributed by atoms with van der Waals surface area (Å²) in [5, 5.41) is 2.71. The summed E-state index contributed by atoms with van der Waals surface area (Å²) in [7, 11) is 0. The minimum atomic E-state index is -0.455. The van der Waals surface area contributed by atoms with Gasteiger partial charge in [-0.15, -0.1) is 0 Å². The summed E-state index contributed by atoms with van der Waals surface area (Å²) in [6.45, 7) is 7.65. The third-order valence-electron chi connectivity index (χ3n) is 4.93. The van der Waals surface area contributed by atoms with Gasteiger partial charge in [-0.2, -0.15) is 0 Å². The van der Waals surface area contributed by atoms with Gasteiger partial charge in [0, 0.05) is 26.2 Å². The molecule has 1 aromatic carbocycles. The highest BCUT2D eigenvalue weighted by Gasteiger charge is 2.34. The Hall–Kier alpha value is -1.03. The molecule has 2 aromatic heterocycles. The van der Waals surface area contributed by atoms with Gasteiger partial charge in [-0.05, 0) is 123 Å². The molecule has 4 rings (SSSR count). The van der Waals surface area contributed by atoms with Crippen LogP contribution in [-0.2, 0) is 17.8 Å². The Morgan fingerprint density at radius 2 is 1.31 bits per heavy atom. The lowest BCUT2D eigenvalue weighted by molar-refractivity contribution is 0.0524. The molecule has 1 aliphatic rings. The fourth-order valence-corrected chi connectivity index (χ4v) is 5.12. The smallest absolute Gasteiger partial charge is 0.407 e. The van der Waals surface area contributed by atoms with E-state index in [0.29, 0.717) is 37.3 Å². The van der Waals surface area contributed by atoms with Crippen LogP contribution >= 0.6 is 90.4 Å². The number of ether oxygens (including phenoxy) is 1. The molecule has 1 aliphatic heterocycles. The van der Waals surface area contributed by atoms with Crippen molar-refractivity contribution in [3.8, 4) is 0 Å². The molecule has 39 heavy (non-hydrogen) atoms. The summed E-state index contributed by atoms with van der Waals surface area (Å²) in [5.74, 6) is -0.425. The van der Waals surface area contributed by atoms with Crippen molar-refractivity contribution in [2.45, 2.75) is 54.3 Å². The number of nitrogens with one attached hydrogen (secondary N) is 1. The number of rotatable bonds is 6. The van der Waals surface area contributed by atoms with Gasteiger partial charge in [0.15, 0.2) is 0 Å². The van der Waals surface area contributed by atoms with Crippen molar-refractivity contribution in [3.63, 3.8) is 0 Å². The van der Waals surface area contributed by atoms with Crippen LogP contribution in [-0.4, -0.2) is 60.6 Å². The summed E-state index contributed by atoms with van der Waals surface area (Å²) >= 11 is 8.76. The fraction of sp³-hybridized carbons (Fsp3) is 0.400. The van der Waals surface area contributed by atoms with Crippen LogP contribution in [0.2, 0.25) is 0 Å². The zero-order valence-corrected chi connectivity index (χ0v) is 28.8. The number of amides is 3. The van der Waals surface area contributed by atoms with Crippen LogP contribution in [0.3, 0.4) is 0 Å². The first-order valence-electron chi connectivity index (χ1n) is 11.0. The number of fused-ring (bicyclic) bond motifs is 1. The topological polar surface area (TPSA) is 111 Å². The normalized spacial score (nSPS) is 12.1. The highest BCUT2D eigenvalue weighted by molar-refractivity contribution is 14.1. The third kappa shape index (κ3) is 9.79. The number of imidazole rings is 2. The maximum absolute atomic E-state index is 12.2.